The maximum atomic E-state index is 12.6. The minimum absolute atomic E-state index is 0.0964. The van der Waals surface area contributed by atoms with Crippen LogP contribution in [0.3, 0.4) is 0 Å². The molecule has 1 aliphatic rings. The smallest absolute Gasteiger partial charge is 0.251 e. The molecular formula is C25H26N2O4S. The zero-order chi connectivity index (χ0) is 22.9. The van der Waals surface area contributed by atoms with Crippen molar-refractivity contribution in [3.05, 3.63) is 83.2 Å². The Hall–Kier alpha value is -3.03. The van der Waals surface area contributed by atoms with Crippen LogP contribution in [0.4, 0.5) is 0 Å². The molecule has 0 atom stereocenters. The minimum Gasteiger partial charge on any atom is -0.379 e. The molecule has 1 aromatic heterocycles. The number of carbonyl (C=O) groups is 1. The molecule has 1 saturated heterocycles. The fourth-order valence-electron chi connectivity index (χ4n) is 3.81. The van der Waals surface area contributed by atoms with Gasteiger partial charge in [0.05, 0.1) is 30.3 Å². The van der Waals surface area contributed by atoms with Gasteiger partial charge < -0.3 is 10.1 Å². The summed E-state index contributed by atoms with van der Waals surface area (Å²) in [6, 6.07) is 17.0. The van der Waals surface area contributed by atoms with E-state index in [0.717, 1.165) is 36.3 Å². The third-order valence-electron chi connectivity index (χ3n) is 5.85. The normalized spacial score (nSPS) is 15.1. The van der Waals surface area contributed by atoms with Crippen LogP contribution < -0.4 is 5.32 Å². The van der Waals surface area contributed by atoms with Gasteiger partial charge in [0.15, 0.2) is 9.84 Å². The molecule has 7 heteroatoms. The first kappa shape index (κ1) is 22.2. The van der Waals surface area contributed by atoms with E-state index >= 15 is 0 Å². The fourth-order valence-corrected chi connectivity index (χ4v) is 4.80. The van der Waals surface area contributed by atoms with Crippen molar-refractivity contribution in [1.29, 1.82) is 0 Å². The van der Waals surface area contributed by atoms with E-state index in [2.05, 4.69) is 41.5 Å². The summed E-state index contributed by atoms with van der Waals surface area (Å²) in [5.41, 5.74) is 5.08. The van der Waals surface area contributed by atoms with Gasteiger partial charge in [-0.15, -0.1) is 0 Å². The van der Waals surface area contributed by atoms with Crippen LogP contribution in [0, 0.1) is 6.92 Å². The Morgan fingerprint density at radius 1 is 1.06 bits per heavy atom. The van der Waals surface area contributed by atoms with Crippen molar-refractivity contribution in [3.8, 4) is 11.1 Å². The number of aromatic nitrogens is 1. The lowest BCUT2D eigenvalue weighted by molar-refractivity contribution is -0.0500. The maximum absolute atomic E-state index is 12.6. The SMILES string of the molecule is Cc1ccc(C(=O)NCc2cc(-c3ccc(C4(C)COC4)cc3)ccn2)cc1S(C)(=O)=O. The number of sulfone groups is 1. The molecule has 0 bridgehead atoms. The Bertz CT molecular complexity index is 1260. The van der Waals surface area contributed by atoms with Crippen molar-refractivity contribution in [3.63, 3.8) is 0 Å². The van der Waals surface area contributed by atoms with Gasteiger partial charge in [0.2, 0.25) is 0 Å². The van der Waals surface area contributed by atoms with Crippen LogP contribution in [-0.4, -0.2) is 38.8 Å². The van der Waals surface area contributed by atoms with Crippen LogP contribution in [-0.2, 0) is 26.5 Å². The van der Waals surface area contributed by atoms with Gasteiger partial charge in [0.1, 0.15) is 0 Å². The molecule has 2 heterocycles. The highest BCUT2D eigenvalue weighted by atomic mass is 32.2. The van der Waals surface area contributed by atoms with Crippen molar-refractivity contribution in [1.82, 2.24) is 10.3 Å². The Morgan fingerprint density at radius 3 is 2.41 bits per heavy atom. The van der Waals surface area contributed by atoms with Gasteiger partial charge in [-0.1, -0.05) is 37.3 Å². The first-order valence-corrected chi connectivity index (χ1v) is 12.3. The van der Waals surface area contributed by atoms with Gasteiger partial charge in [0.25, 0.3) is 5.91 Å². The Labute approximate surface area is 188 Å². The van der Waals surface area contributed by atoms with Crippen molar-refractivity contribution in [2.75, 3.05) is 19.5 Å². The third kappa shape index (κ3) is 4.59. The van der Waals surface area contributed by atoms with Crippen LogP contribution in [0.5, 0.6) is 0 Å². The quantitative estimate of drug-likeness (QED) is 0.619. The van der Waals surface area contributed by atoms with Crippen LogP contribution in [0.1, 0.15) is 34.1 Å². The molecule has 1 amide bonds. The highest BCUT2D eigenvalue weighted by Crippen LogP contribution is 2.33. The largest absolute Gasteiger partial charge is 0.379 e. The fraction of sp³-hybridized carbons (Fsp3) is 0.280. The lowest BCUT2D eigenvalue weighted by Gasteiger charge is -2.38. The van der Waals surface area contributed by atoms with E-state index in [4.69, 9.17) is 4.74 Å². The predicted molar refractivity (Wildman–Crippen MR) is 123 cm³/mol. The van der Waals surface area contributed by atoms with Gasteiger partial charge in [-0.25, -0.2) is 8.42 Å². The summed E-state index contributed by atoms with van der Waals surface area (Å²) in [5.74, 6) is -0.345. The maximum Gasteiger partial charge on any atom is 0.251 e. The average molecular weight is 451 g/mol. The number of pyridine rings is 1. The van der Waals surface area contributed by atoms with E-state index in [1.165, 1.54) is 11.6 Å². The number of nitrogens with zero attached hydrogens (tertiary/aromatic N) is 1. The van der Waals surface area contributed by atoms with E-state index in [-0.39, 0.29) is 22.8 Å². The Balaban J connectivity index is 1.46. The molecule has 2 aromatic carbocycles. The topological polar surface area (TPSA) is 85.4 Å². The number of aryl methyl sites for hydroxylation is 1. The second-order valence-corrected chi connectivity index (χ2v) is 10.6. The number of nitrogens with one attached hydrogen (secondary N) is 1. The monoisotopic (exact) mass is 450 g/mol. The average Bonchev–Trinajstić information content (AvgIpc) is 2.75. The van der Waals surface area contributed by atoms with Gasteiger partial charge >= 0.3 is 0 Å². The van der Waals surface area contributed by atoms with Crippen molar-refractivity contribution < 1.29 is 17.9 Å². The summed E-state index contributed by atoms with van der Waals surface area (Å²) in [6.45, 7) is 5.64. The summed E-state index contributed by atoms with van der Waals surface area (Å²) in [5, 5.41) is 2.83. The highest BCUT2D eigenvalue weighted by molar-refractivity contribution is 7.90. The van der Waals surface area contributed by atoms with E-state index in [1.54, 1.807) is 25.3 Å². The molecule has 0 unspecified atom stereocenters. The summed E-state index contributed by atoms with van der Waals surface area (Å²) in [7, 11) is -3.40. The van der Waals surface area contributed by atoms with Crippen LogP contribution in [0.2, 0.25) is 0 Å². The zero-order valence-electron chi connectivity index (χ0n) is 18.4. The van der Waals surface area contributed by atoms with Gasteiger partial charge in [-0.3, -0.25) is 9.78 Å². The first-order chi connectivity index (χ1) is 15.2. The van der Waals surface area contributed by atoms with E-state index in [0.29, 0.717) is 11.1 Å². The molecule has 166 valence electrons. The summed E-state index contributed by atoms with van der Waals surface area (Å²) >= 11 is 0. The standard InChI is InChI=1S/C25H26N2O4S/c1-17-4-5-20(13-23(17)32(3,29)30)24(28)27-14-22-12-19(10-11-26-22)18-6-8-21(9-7-18)25(2)15-31-16-25/h4-13H,14-16H2,1-3H3,(H,27,28). The second kappa shape index (κ2) is 8.48. The number of amides is 1. The molecule has 4 rings (SSSR count). The van der Waals surface area contributed by atoms with Crippen LogP contribution in [0.15, 0.2) is 65.7 Å². The van der Waals surface area contributed by atoms with Crippen molar-refractivity contribution >= 4 is 15.7 Å². The molecule has 0 radical (unpaired) electrons. The number of hydrogen-bond acceptors (Lipinski definition) is 5. The van der Waals surface area contributed by atoms with Crippen molar-refractivity contribution in [2.24, 2.45) is 0 Å². The van der Waals surface area contributed by atoms with Gasteiger partial charge in [0, 0.05) is 23.4 Å². The third-order valence-corrected chi connectivity index (χ3v) is 7.09. The van der Waals surface area contributed by atoms with Crippen LogP contribution >= 0.6 is 0 Å². The lowest BCUT2D eigenvalue weighted by atomic mass is 9.80. The molecule has 1 aliphatic heterocycles. The predicted octanol–water partition coefficient (Wildman–Crippen LogP) is 3.68. The number of rotatable bonds is 6. The Kier molecular flexibility index (Phi) is 5.88. The number of ether oxygens (including phenoxy) is 1. The van der Waals surface area contributed by atoms with Gasteiger partial charge in [-0.2, -0.15) is 0 Å². The minimum atomic E-state index is -3.40. The van der Waals surface area contributed by atoms with E-state index < -0.39 is 9.84 Å². The van der Waals surface area contributed by atoms with Gasteiger partial charge in [-0.05, 0) is 53.4 Å². The molecule has 0 aliphatic carbocycles. The number of hydrogen-bond donors (Lipinski definition) is 1. The molecular weight excluding hydrogens is 424 g/mol. The summed E-state index contributed by atoms with van der Waals surface area (Å²) < 4.78 is 29.2. The van der Waals surface area contributed by atoms with E-state index in [9.17, 15) is 13.2 Å². The molecule has 32 heavy (non-hydrogen) atoms. The zero-order valence-corrected chi connectivity index (χ0v) is 19.2. The molecule has 1 fully saturated rings. The highest BCUT2D eigenvalue weighted by Gasteiger charge is 2.34. The summed E-state index contributed by atoms with van der Waals surface area (Å²) in [4.78, 5) is 17.1. The Morgan fingerprint density at radius 2 is 1.78 bits per heavy atom. The van der Waals surface area contributed by atoms with Crippen LogP contribution in [0.25, 0.3) is 11.1 Å². The molecule has 6 nitrogen and oxygen atoms in total. The molecule has 0 saturated carbocycles. The molecule has 1 N–H and O–H groups in total. The van der Waals surface area contributed by atoms with Crippen molar-refractivity contribution in [2.45, 2.75) is 30.7 Å². The molecule has 0 spiro atoms. The number of carbonyl (C=O) groups excluding carboxylic acids is 1. The van der Waals surface area contributed by atoms with E-state index in [1.807, 2.05) is 12.1 Å². The molecule has 3 aromatic rings. The number of benzene rings is 2. The second-order valence-electron chi connectivity index (χ2n) is 8.60. The first-order valence-electron chi connectivity index (χ1n) is 10.4. The lowest BCUT2D eigenvalue weighted by Crippen LogP contribution is -2.43. The summed E-state index contributed by atoms with van der Waals surface area (Å²) in [6.07, 6.45) is 2.86.